The van der Waals surface area contributed by atoms with E-state index in [1.807, 2.05) is 20.8 Å². The van der Waals surface area contributed by atoms with Crippen molar-refractivity contribution in [3.05, 3.63) is 0 Å². The van der Waals surface area contributed by atoms with E-state index in [9.17, 15) is 4.79 Å². The first kappa shape index (κ1) is 12.3. The minimum absolute atomic E-state index is 0.318. The van der Waals surface area contributed by atoms with Crippen molar-refractivity contribution < 1.29 is 14.3 Å². The molecule has 0 aliphatic carbocycles. The van der Waals surface area contributed by atoms with Crippen LogP contribution in [-0.2, 0) is 14.3 Å². The third-order valence-electron chi connectivity index (χ3n) is 0.454. The van der Waals surface area contributed by atoms with Gasteiger partial charge in [-0.05, 0) is 20.8 Å². The van der Waals surface area contributed by atoms with Crippen molar-refractivity contribution in [2.45, 2.75) is 26.4 Å². The Bertz CT molecular complexity index is 144. The van der Waals surface area contributed by atoms with Crippen LogP contribution in [0.2, 0.25) is 0 Å². The van der Waals surface area contributed by atoms with Gasteiger partial charge < -0.3 is 10.6 Å². The van der Waals surface area contributed by atoms with Gasteiger partial charge in [-0.2, -0.15) is 0 Å². The lowest BCUT2D eigenvalue weighted by Crippen LogP contribution is -2.17. The Morgan fingerprint density at radius 3 is 1.91 bits per heavy atom. The normalized spacial score (nSPS) is 8.27. The van der Waals surface area contributed by atoms with Crippen LogP contribution in [0.25, 0.3) is 0 Å². The second kappa shape index (κ2) is 6.77. The molecule has 0 amide bonds. The molecule has 11 heavy (non-hydrogen) atoms. The molecular weight excluding hydrogens is 148 g/mol. The molecule has 5 heteroatoms. The molecule has 0 bridgehead atoms. The number of carbonyl (C=O) groups excluding carboxylic acids is 2. The van der Waals surface area contributed by atoms with Gasteiger partial charge in [-0.3, -0.25) is 4.79 Å². The minimum atomic E-state index is -0.318. The van der Waals surface area contributed by atoms with E-state index < -0.39 is 0 Å². The molecular formula is C6H12N2O3. The molecule has 0 saturated carbocycles. The Morgan fingerprint density at radius 1 is 1.55 bits per heavy atom. The number of rotatable bonds is 1. The van der Waals surface area contributed by atoms with Crippen LogP contribution in [-0.4, -0.2) is 18.2 Å². The van der Waals surface area contributed by atoms with Crippen LogP contribution in [0.5, 0.6) is 0 Å². The van der Waals surface area contributed by atoms with E-state index in [1.165, 1.54) is 0 Å². The number of ether oxygens (including phenoxy) is 1. The molecule has 0 aromatic heterocycles. The lowest BCUT2D eigenvalue weighted by molar-refractivity contribution is -0.138. The first-order valence-electron chi connectivity index (χ1n) is 2.86. The number of nitrogens with two attached hydrogens (primary N) is 1. The lowest BCUT2D eigenvalue weighted by atomic mass is 10.2. The van der Waals surface area contributed by atoms with Gasteiger partial charge in [0.25, 0.3) is 12.6 Å². The first-order valence-corrected chi connectivity index (χ1v) is 2.86. The Kier molecular flexibility index (Phi) is 7.59. The van der Waals surface area contributed by atoms with Crippen LogP contribution in [0.1, 0.15) is 20.8 Å². The van der Waals surface area contributed by atoms with E-state index in [-0.39, 0.29) is 5.60 Å². The van der Waals surface area contributed by atoms with Crippen molar-refractivity contribution in [1.29, 1.82) is 0 Å². The molecule has 0 atom stereocenters. The third-order valence-corrected chi connectivity index (χ3v) is 0.454. The molecule has 2 N–H and O–H groups in total. The molecule has 0 fully saturated rings. The van der Waals surface area contributed by atoms with Gasteiger partial charge in [-0.15, -0.1) is 0 Å². The zero-order chi connectivity index (χ0) is 9.33. The fourth-order valence-corrected chi connectivity index (χ4v) is 0.144. The monoisotopic (exact) mass is 160 g/mol. The van der Waals surface area contributed by atoms with Crippen molar-refractivity contribution in [2.75, 3.05) is 0 Å². The summed E-state index contributed by atoms with van der Waals surface area (Å²) in [5.41, 5.74) is -0.318. The maximum absolute atomic E-state index is 9.60. The van der Waals surface area contributed by atoms with Crippen LogP contribution in [0.15, 0.2) is 5.10 Å². The largest absolute Gasteiger partial charge is 0.462 e. The second-order valence-electron chi connectivity index (χ2n) is 2.55. The van der Waals surface area contributed by atoms with E-state index in [0.717, 1.165) is 6.08 Å². The zero-order valence-electron chi connectivity index (χ0n) is 6.83. The van der Waals surface area contributed by atoms with Gasteiger partial charge in [-0.1, -0.05) is 5.10 Å². The molecule has 0 aliphatic heterocycles. The fraction of sp³-hybridized carbons (Fsp3) is 0.667. The van der Waals surface area contributed by atoms with Crippen LogP contribution in [0, 0.1) is 0 Å². The summed E-state index contributed by atoms with van der Waals surface area (Å²) < 4.78 is 4.55. The molecule has 0 saturated heterocycles. The van der Waals surface area contributed by atoms with Crippen molar-refractivity contribution in [3.63, 3.8) is 0 Å². The molecule has 0 aromatic rings. The van der Waals surface area contributed by atoms with Gasteiger partial charge in [0, 0.05) is 0 Å². The Hall–Kier alpha value is -1.35. The first-order chi connectivity index (χ1) is 4.97. The Labute approximate surface area is 65.2 Å². The maximum atomic E-state index is 9.60. The number of hydrazone groups is 1. The van der Waals surface area contributed by atoms with Gasteiger partial charge >= 0.3 is 0 Å². The highest BCUT2D eigenvalue weighted by atomic mass is 16.5. The highest BCUT2D eigenvalue weighted by Gasteiger charge is 2.07. The van der Waals surface area contributed by atoms with Crippen molar-refractivity contribution in [1.82, 2.24) is 0 Å². The van der Waals surface area contributed by atoms with Gasteiger partial charge in [0.1, 0.15) is 5.60 Å². The topological polar surface area (TPSA) is 81.8 Å². The number of isocyanates is 1. The Balaban J connectivity index is 0. The third kappa shape index (κ3) is 28.7. The molecule has 0 radical (unpaired) electrons. The summed E-state index contributed by atoms with van der Waals surface area (Å²) in [7, 11) is 0. The fourth-order valence-electron chi connectivity index (χ4n) is 0.144. The molecule has 0 aromatic carbocycles. The number of hydrogen-bond donors (Lipinski definition) is 1. The quantitative estimate of drug-likeness (QED) is 0.195. The van der Waals surface area contributed by atoms with Gasteiger partial charge in [0.2, 0.25) is 0 Å². The number of nitrogens with zero attached hydrogens (tertiary/aromatic N) is 1. The zero-order valence-corrected chi connectivity index (χ0v) is 6.83. The molecule has 5 nitrogen and oxygen atoms in total. The molecule has 0 heterocycles. The van der Waals surface area contributed by atoms with E-state index >= 15 is 0 Å². The highest BCUT2D eigenvalue weighted by Crippen LogP contribution is 2.02. The van der Waals surface area contributed by atoms with Gasteiger partial charge in [0.05, 0.1) is 0 Å². The molecule has 0 rings (SSSR count). The van der Waals surface area contributed by atoms with Crippen LogP contribution >= 0.6 is 0 Å². The predicted molar refractivity (Wildman–Crippen MR) is 39.2 cm³/mol. The van der Waals surface area contributed by atoms with E-state index in [1.54, 1.807) is 0 Å². The van der Waals surface area contributed by atoms with Gasteiger partial charge in [0.15, 0.2) is 0 Å². The predicted octanol–water partition coefficient (Wildman–Crippen LogP) is 0.154. The summed E-state index contributed by atoms with van der Waals surface area (Å²) in [6.07, 6.45) is 1.08. The summed E-state index contributed by atoms with van der Waals surface area (Å²) >= 11 is 0. The molecule has 64 valence electrons. The number of carbonyl (C=O) groups is 1. The lowest BCUT2D eigenvalue weighted by Gasteiger charge is -2.14. The second-order valence-corrected chi connectivity index (χ2v) is 2.55. The average molecular weight is 160 g/mol. The summed E-state index contributed by atoms with van der Waals surface area (Å²) in [5.74, 6) is 4.23. The molecule has 0 unspecified atom stereocenters. The van der Waals surface area contributed by atoms with Crippen molar-refractivity contribution in [2.24, 2.45) is 10.9 Å². The summed E-state index contributed by atoms with van der Waals surface area (Å²) in [5, 5.41) is 2.43. The number of hydrogen-bond acceptors (Lipinski definition) is 5. The highest BCUT2D eigenvalue weighted by molar-refractivity contribution is 5.37. The summed E-state index contributed by atoms with van der Waals surface area (Å²) in [6, 6.07) is 0. The summed E-state index contributed by atoms with van der Waals surface area (Å²) in [4.78, 5) is 18.4. The average Bonchev–Trinajstić information content (AvgIpc) is 1.86. The van der Waals surface area contributed by atoms with Crippen LogP contribution in [0.3, 0.4) is 0 Å². The van der Waals surface area contributed by atoms with Crippen LogP contribution < -0.4 is 5.84 Å². The SMILES string of the molecule is CC(C)(C)OC=O.NN=C=O. The maximum Gasteiger partial charge on any atom is 0.293 e. The van der Waals surface area contributed by atoms with E-state index in [4.69, 9.17) is 4.79 Å². The standard InChI is InChI=1S/C5H10O2.CH2N2O/c1-5(2,3)7-4-6;2-3-1-4/h4H,1-3H3;2H2. The van der Waals surface area contributed by atoms with Crippen molar-refractivity contribution >= 4 is 12.6 Å². The van der Waals surface area contributed by atoms with Crippen LogP contribution in [0.4, 0.5) is 0 Å². The van der Waals surface area contributed by atoms with E-state index in [0.29, 0.717) is 6.47 Å². The summed E-state index contributed by atoms with van der Waals surface area (Å²) in [6.45, 7) is 5.92. The Morgan fingerprint density at radius 2 is 1.91 bits per heavy atom. The minimum Gasteiger partial charge on any atom is -0.462 e. The van der Waals surface area contributed by atoms with Crippen molar-refractivity contribution in [3.8, 4) is 0 Å². The molecule has 0 aliphatic rings. The van der Waals surface area contributed by atoms with Gasteiger partial charge in [-0.25, -0.2) is 4.79 Å². The smallest absolute Gasteiger partial charge is 0.293 e. The van der Waals surface area contributed by atoms with E-state index in [2.05, 4.69) is 15.7 Å². The molecule has 0 spiro atoms.